The zero-order chi connectivity index (χ0) is 16.4. The average Bonchev–Trinajstić information content (AvgIpc) is 3.05. The van der Waals surface area contributed by atoms with Crippen molar-refractivity contribution in [2.45, 2.75) is 0 Å². The summed E-state index contributed by atoms with van der Waals surface area (Å²) in [6.45, 7) is 0. The minimum atomic E-state index is 0.508. The number of methoxy groups -OCH3 is 1. The lowest BCUT2D eigenvalue weighted by Gasteiger charge is -2.04. The van der Waals surface area contributed by atoms with E-state index in [0.29, 0.717) is 11.6 Å². The summed E-state index contributed by atoms with van der Waals surface area (Å²) in [5.74, 6) is 1.28. The number of rotatable bonds is 4. The fraction of sp³-hybridized carbons (Fsp3) is 0.0556. The van der Waals surface area contributed by atoms with Crippen molar-refractivity contribution in [3.05, 3.63) is 67.0 Å². The minimum Gasteiger partial charge on any atom is -0.497 e. The van der Waals surface area contributed by atoms with Gasteiger partial charge in [0, 0.05) is 17.3 Å². The van der Waals surface area contributed by atoms with E-state index < -0.39 is 0 Å². The van der Waals surface area contributed by atoms with E-state index in [1.165, 1.54) is 0 Å². The number of ether oxygens (including phenoxy) is 1. The van der Waals surface area contributed by atoms with Gasteiger partial charge in [-0.25, -0.2) is 4.52 Å². The van der Waals surface area contributed by atoms with E-state index in [0.717, 1.165) is 22.7 Å². The van der Waals surface area contributed by atoms with Crippen molar-refractivity contribution in [3.8, 4) is 17.0 Å². The van der Waals surface area contributed by atoms with Gasteiger partial charge in [-0.3, -0.25) is 4.98 Å². The first-order valence-corrected chi connectivity index (χ1v) is 7.51. The Morgan fingerprint density at radius 3 is 2.71 bits per heavy atom. The third-order valence-corrected chi connectivity index (χ3v) is 3.64. The van der Waals surface area contributed by atoms with E-state index in [1.807, 2.05) is 54.6 Å². The molecule has 4 rings (SSSR count). The Morgan fingerprint density at radius 2 is 1.88 bits per heavy atom. The van der Waals surface area contributed by atoms with Crippen LogP contribution in [0, 0.1) is 0 Å². The monoisotopic (exact) mass is 317 g/mol. The number of hydrogen-bond acceptors (Lipinski definition) is 5. The molecule has 0 atom stereocenters. The molecular weight excluding hydrogens is 302 g/mol. The van der Waals surface area contributed by atoms with Gasteiger partial charge in [0.25, 0.3) is 0 Å². The van der Waals surface area contributed by atoms with Crippen LogP contribution in [-0.4, -0.2) is 26.7 Å². The molecule has 0 amide bonds. The fourth-order valence-electron chi connectivity index (χ4n) is 2.50. The molecule has 0 fully saturated rings. The van der Waals surface area contributed by atoms with Crippen LogP contribution in [-0.2, 0) is 0 Å². The van der Waals surface area contributed by atoms with Gasteiger partial charge in [0.15, 0.2) is 5.65 Å². The van der Waals surface area contributed by atoms with Gasteiger partial charge in [-0.1, -0.05) is 36.4 Å². The van der Waals surface area contributed by atoms with Gasteiger partial charge in [-0.05, 0) is 12.1 Å². The molecule has 0 aliphatic heterocycles. The quantitative estimate of drug-likeness (QED) is 0.623. The van der Waals surface area contributed by atoms with Crippen LogP contribution in [0.25, 0.3) is 16.9 Å². The molecule has 1 N–H and O–H groups in total. The summed E-state index contributed by atoms with van der Waals surface area (Å²) in [5, 5.41) is 7.75. The van der Waals surface area contributed by atoms with Crippen molar-refractivity contribution in [2.75, 3.05) is 12.4 Å². The second-order valence-electron chi connectivity index (χ2n) is 5.22. The van der Waals surface area contributed by atoms with E-state index in [1.54, 1.807) is 24.0 Å². The first kappa shape index (κ1) is 14.2. The largest absolute Gasteiger partial charge is 0.497 e. The van der Waals surface area contributed by atoms with Crippen LogP contribution in [0.5, 0.6) is 5.75 Å². The molecule has 2 aromatic heterocycles. The zero-order valence-corrected chi connectivity index (χ0v) is 13.0. The van der Waals surface area contributed by atoms with Crippen molar-refractivity contribution in [3.63, 3.8) is 0 Å². The number of benzene rings is 2. The zero-order valence-electron chi connectivity index (χ0n) is 13.0. The predicted molar refractivity (Wildman–Crippen MR) is 92.5 cm³/mol. The molecule has 0 saturated heterocycles. The van der Waals surface area contributed by atoms with Gasteiger partial charge < -0.3 is 10.1 Å². The van der Waals surface area contributed by atoms with Gasteiger partial charge in [0.05, 0.1) is 25.2 Å². The first-order valence-electron chi connectivity index (χ1n) is 7.51. The highest BCUT2D eigenvalue weighted by Crippen LogP contribution is 2.22. The van der Waals surface area contributed by atoms with Crippen molar-refractivity contribution in [1.82, 2.24) is 19.6 Å². The molecule has 2 aromatic carbocycles. The maximum Gasteiger partial charge on any atom is 0.247 e. The second-order valence-corrected chi connectivity index (χ2v) is 5.22. The average molecular weight is 317 g/mol. The molecule has 0 aliphatic carbocycles. The van der Waals surface area contributed by atoms with Crippen molar-refractivity contribution >= 4 is 17.3 Å². The number of anilines is 2. The Kier molecular flexibility index (Phi) is 3.55. The first-order chi connectivity index (χ1) is 11.8. The number of aromatic nitrogens is 4. The standard InChI is InChI=1S/C18H15N5O/c1-24-15-9-5-8-14(10-15)20-18-21-17-12-19-11-16(23(17)22-18)13-6-3-2-4-7-13/h2-12H,1H3,(H,20,22). The molecular formula is C18H15N5O. The van der Waals surface area contributed by atoms with Crippen LogP contribution in [0.2, 0.25) is 0 Å². The molecule has 0 saturated carbocycles. The van der Waals surface area contributed by atoms with E-state index in [9.17, 15) is 0 Å². The smallest absolute Gasteiger partial charge is 0.247 e. The van der Waals surface area contributed by atoms with Crippen LogP contribution in [0.3, 0.4) is 0 Å². The highest BCUT2D eigenvalue weighted by molar-refractivity contribution is 5.63. The fourth-order valence-corrected chi connectivity index (χ4v) is 2.50. The van der Waals surface area contributed by atoms with E-state index in [4.69, 9.17) is 4.74 Å². The predicted octanol–water partition coefficient (Wildman–Crippen LogP) is 3.54. The molecule has 0 unspecified atom stereocenters. The van der Waals surface area contributed by atoms with Crippen LogP contribution in [0.1, 0.15) is 0 Å². The molecule has 4 aromatic rings. The summed E-state index contributed by atoms with van der Waals surface area (Å²) >= 11 is 0. The summed E-state index contributed by atoms with van der Waals surface area (Å²) in [5.41, 5.74) is 3.47. The van der Waals surface area contributed by atoms with Crippen molar-refractivity contribution < 1.29 is 4.74 Å². The van der Waals surface area contributed by atoms with Gasteiger partial charge in [-0.15, -0.1) is 5.10 Å². The van der Waals surface area contributed by atoms with Crippen LogP contribution < -0.4 is 10.1 Å². The highest BCUT2D eigenvalue weighted by Gasteiger charge is 2.09. The van der Waals surface area contributed by atoms with Gasteiger partial charge in [0.2, 0.25) is 5.95 Å². The number of nitrogens with one attached hydrogen (secondary N) is 1. The SMILES string of the molecule is COc1cccc(Nc2nc3cncc(-c4ccccc4)n3n2)c1. The van der Waals surface area contributed by atoms with Gasteiger partial charge in [0.1, 0.15) is 5.75 Å². The molecule has 6 heteroatoms. The van der Waals surface area contributed by atoms with Gasteiger partial charge in [-0.2, -0.15) is 4.98 Å². The minimum absolute atomic E-state index is 0.508. The molecule has 0 spiro atoms. The highest BCUT2D eigenvalue weighted by atomic mass is 16.5. The van der Waals surface area contributed by atoms with Crippen molar-refractivity contribution in [1.29, 1.82) is 0 Å². The Labute approximate surface area is 138 Å². The Balaban J connectivity index is 1.73. The molecule has 6 nitrogen and oxygen atoms in total. The summed E-state index contributed by atoms with van der Waals surface area (Å²) in [7, 11) is 1.64. The Morgan fingerprint density at radius 1 is 1.00 bits per heavy atom. The summed E-state index contributed by atoms with van der Waals surface area (Å²) in [6.07, 6.45) is 3.47. The molecule has 0 aliphatic rings. The maximum absolute atomic E-state index is 5.23. The Bertz CT molecular complexity index is 981. The molecule has 2 heterocycles. The molecule has 118 valence electrons. The van der Waals surface area contributed by atoms with Crippen LogP contribution >= 0.6 is 0 Å². The van der Waals surface area contributed by atoms with Crippen LogP contribution in [0.15, 0.2) is 67.0 Å². The summed E-state index contributed by atoms with van der Waals surface area (Å²) in [4.78, 5) is 8.75. The molecule has 0 radical (unpaired) electrons. The third kappa shape index (κ3) is 2.65. The summed E-state index contributed by atoms with van der Waals surface area (Å²) < 4.78 is 7.01. The lowest BCUT2D eigenvalue weighted by atomic mass is 10.2. The lowest BCUT2D eigenvalue weighted by Crippen LogP contribution is -1.96. The van der Waals surface area contributed by atoms with E-state index >= 15 is 0 Å². The molecule has 24 heavy (non-hydrogen) atoms. The lowest BCUT2D eigenvalue weighted by molar-refractivity contribution is 0.415. The normalized spacial score (nSPS) is 10.7. The van der Waals surface area contributed by atoms with E-state index in [-0.39, 0.29) is 0 Å². The number of nitrogens with zero attached hydrogens (tertiary/aromatic N) is 4. The topological polar surface area (TPSA) is 64.3 Å². The Hall–Kier alpha value is -3.41. The summed E-state index contributed by atoms with van der Waals surface area (Å²) in [6, 6.07) is 17.6. The van der Waals surface area contributed by atoms with Crippen molar-refractivity contribution in [2.24, 2.45) is 0 Å². The second kappa shape index (κ2) is 6.00. The third-order valence-electron chi connectivity index (χ3n) is 3.64. The number of hydrogen-bond donors (Lipinski definition) is 1. The molecule has 0 bridgehead atoms. The maximum atomic E-state index is 5.23. The van der Waals surface area contributed by atoms with Gasteiger partial charge >= 0.3 is 0 Å². The van der Waals surface area contributed by atoms with E-state index in [2.05, 4.69) is 20.4 Å². The van der Waals surface area contributed by atoms with Crippen LogP contribution in [0.4, 0.5) is 11.6 Å². The number of fused-ring (bicyclic) bond motifs is 1.